The minimum Gasteiger partial charge on any atom is -0.393 e. The third-order valence-corrected chi connectivity index (χ3v) is 11.8. The van der Waals surface area contributed by atoms with Gasteiger partial charge in [-0.15, -0.1) is 0 Å². The fourth-order valence-electron chi connectivity index (χ4n) is 9.50. The summed E-state index contributed by atoms with van der Waals surface area (Å²) in [5.41, 5.74) is -5.08. The Balaban J connectivity index is 1.77. The molecule has 0 saturated heterocycles. The van der Waals surface area contributed by atoms with Gasteiger partial charge < -0.3 is 30.6 Å². The van der Waals surface area contributed by atoms with Crippen LogP contribution < -0.4 is 0 Å². The molecule has 0 amide bonds. The molecule has 0 aliphatic heterocycles. The number of rotatable bonds is 7. The summed E-state index contributed by atoms with van der Waals surface area (Å²) in [5.74, 6) is -1.62. The topological polar surface area (TPSA) is 185 Å². The normalized spacial score (nSPS) is 50.2. The van der Waals surface area contributed by atoms with E-state index in [-0.39, 0.29) is 37.7 Å². The van der Waals surface area contributed by atoms with Crippen molar-refractivity contribution in [2.24, 2.45) is 34.5 Å². The van der Waals surface area contributed by atoms with Gasteiger partial charge in [-0.1, -0.05) is 32.4 Å². The smallest absolute Gasteiger partial charge is 0.393 e. The standard InChI is InChI=1S/C27H46O10S/c1-15(14-28)6-5-7-16(2)17-12-21(37-38(34,35)36)27(33)25(17,4)11-9-20-24(3)10-8-18(29)23(31)22(24)19(30)13-26(20,27)32/h6,16-23,28-33H,5,7-14H2,1-4H3,(H,34,35,36)/b15-6-/t16-,17-,18+,19+,20-,21+,22+,23+,24-,25-,26+,27+/m1/s1. The van der Waals surface area contributed by atoms with Crippen LogP contribution in [0.3, 0.4) is 0 Å². The summed E-state index contributed by atoms with van der Waals surface area (Å²) in [6.45, 7) is 7.50. The second-order valence-electron chi connectivity index (χ2n) is 13.2. The van der Waals surface area contributed by atoms with Crippen molar-refractivity contribution < 1.29 is 47.8 Å². The van der Waals surface area contributed by atoms with Crippen molar-refractivity contribution in [2.45, 2.75) is 115 Å². The predicted octanol–water partition coefficient (Wildman–Crippen LogP) is 1.33. The third kappa shape index (κ3) is 4.41. The second kappa shape index (κ2) is 10.0. The Morgan fingerprint density at radius 1 is 1.11 bits per heavy atom. The van der Waals surface area contributed by atoms with Crippen molar-refractivity contribution in [2.75, 3.05) is 6.61 Å². The Kier molecular flexibility index (Phi) is 8.00. The molecule has 0 aromatic rings. The first-order chi connectivity index (χ1) is 17.5. The average Bonchev–Trinajstić information content (AvgIpc) is 3.03. The lowest BCUT2D eigenvalue weighted by molar-refractivity contribution is -0.335. The van der Waals surface area contributed by atoms with Crippen LogP contribution in [-0.2, 0) is 14.6 Å². The molecule has 4 aliphatic rings. The number of hydrogen-bond acceptors (Lipinski definition) is 9. The molecule has 4 fully saturated rings. The molecule has 220 valence electrons. The Bertz CT molecular complexity index is 1030. The van der Waals surface area contributed by atoms with E-state index in [1.807, 2.05) is 33.8 Å². The van der Waals surface area contributed by atoms with E-state index < -0.39 is 68.7 Å². The summed E-state index contributed by atoms with van der Waals surface area (Å²) in [4.78, 5) is 0. The van der Waals surface area contributed by atoms with E-state index in [0.717, 1.165) is 5.57 Å². The lowest BCUT2D eigenvalue weighted by atomic mass is 9.40. The van der Waals surface area contributed by atoms with E-state index >= 15 is 0 Å². The summed E-state index contributed by atoms with van der Waals surface area (Å²) >= 11 is 0. The van der Waals surface area contributed by atoms with E-state index in [4.69, 9.17) is 4.18 Å². The maximum atomic E-state index is 12.6. The highest BCUT2D eigenvalue weighted by atomic mass is 32.3. The van der Waals surface area contributed by atoms with Crippen LogP contribution in [0.2, 0.25) is 0 Å². The van der Waals surface area contributed by atoms with E-state index in [9.17, 15) is 43.6 Å². The third-order valence-electron chi connectivity index (χ3n) is 11.3. The highest BCUT2D eigenvalue weighted by Crippen LogP contribution is 2.71. The zero-order chi connectivity index (χ0) is 28.5. The van der Waals surface area contributed by atoms with Gasteiger partial charge in [0.1, 0.15) is 17.3 Å². The van der Waals surface area contributed by atoms with Gasteiger partial charge in [0.05, 0.1) is 24.9 Å². The van der Waals surface area contributed by atoms with Crippen LogP contribution in [0.1, 0.15) is 79.1 Å². The lowest BCUT2D eigenvalue weighted by Gasteiger charge is -2.69. The number of aliphatic hydroxyl groups excluding tert-OH is 4. The second-order valence-corrected chi connectivity index (χ2v) is 14.3. The van der Waals surface area contributed by atoms with Crippen LogP contribution in [0.5, 0.6) is 0 Å². The van der Waals surface area contributed by atoms with Gasteiger partial charge in [0.15, 0.2) is 0 Å². The molecule has 0 spiro atoms. The summed E-state index contributed by atoms with van der Waals surface area (Å²) in [7, 11) is -4.98. The van der Waals surface area contributed by atoms with Crippen molar-refractivity contribution in [3.05, 3.63) is 11.6 Å². The van der Waals surface area contributed by atoms with Crippen LogP contribution in [0.15, 0.2) is 11.6 Å². The van der Waals surface area contributed by atoms with Gasteiger partial charge in [0, 0.05) is 17.8 Å². The van der Waals surface area contributed by atoms with Gasteiger partial charge in [0.25, 0.3) is 0 Å². The molecular weight excluding hydrogens is 516 g/mol. The molecule has 0 bridgehead atoms. The van der Waals surface area contributed by atoms with E-state index in [1.54, 1.807) is 0 Å². The maximum absolute atomic E-state index is 12.6. The summed E-state index contributed by atoms with van der Waals surface area (Å²) in [6.07, 6.45) is -0.205. The molecule has 4 aliphatic carbocycles. The average molecular weight is 563 g/mol. The Morgan fingerprint density at radius 2 is 1.76 bits per heavy atom. The zero-order valence-corrected chi connectivity index (χ0v) is 23.6. The van der Waals surface area contributed by atoms with Crippen LogP contribution in [0.25, 0.3) is 0 Å². The van der Waals surface area contributed by atoms with Gasteiger partial charge in [-0.3, -0.25) is 4.55 Å². The first kappa shape index (κ1) is 30.3. The maximum Gasteiger partial charge on any atom is 0.397 e. The molecule has 0 aromatic heterocycles. The Labute approximate surface area is 225 Å². The molecule has 0 aromatic carbocycles. The first-order valence-electron chi connectivity index (χ1n) is 13.9. The van der Waals surface area contributed by atoms with Gasteiger partial charge >= 0.3 is 10.4 Å². The van der Waals surface area contributed by atoms with Crippen molar-refractivity contribution in [3.8, 4) is 0 Å². The molecule has 0 heterocycles. The molecule has 0 unspecified atom stereocenters. The fourth-order valence-corrected chi connectivity index (χ4v) is 10.0. The number of hydrogen-bond donors (Lipinski definition) is 7. The van der Waals surface area contributed by atoms with E-state index in [2.05, 4.69) is 0 Å². The highest BCUT2D eigenvalue weighted by molar-refractivity contribution is 7.80. The van der Waals surface area contributed by atoms with Gasteiger partial charge in [-0.05, 0) is 75.0 Å². The monoisotopic (exact) mass is 562 g/mol. The largest absolute Gasteiger partial charge is 0.397 e. The van der Waals surface area contributed by atoms with Crippen LogP contribution >= 0.6 is 0 Å². The minimum absolute atomic E-state index is 0.0205. The summed E-state index contributed by atoms with van der Waals surface area (Å²) < 4.78 is 38.7. The van der Waals surface area contributed by atoms with E-state index in [1.165, 1.54) is 0 Å². The van der Waals surface area contributed by atoms with Gasteiger partial charge in [-0.2, -0.15) is 8.42 Å². The van der Waals surface area contributed by atoms with Crippen LogP contribution in [0, 0.1) is 34.5 Å². The SMILES string of the molecule is C/C(=C/CC[C@@H](C)[C@H]1C[C@H](OS(=O)(=O)O)[C@]2(O)[C@]1(C)CC[C@@H]1[C@@]3(C)CC[C@H](O)[C@H](O)[C@@H]3[C@@H](O)C[C@]12O)CO. The predicted molar refractivity (Wildman–Crippen MR) is 138 cm³/mol. The molecule has 38 heavy (non-hydrogen) atoms. The molecule has 10 nitrogen and oxygen atoms in total. The molecule has 0 radical (unpaired) electrons. The van der Waals surface area contributed by atoms with Crippen LogP contribution in [-0.4, -0.2) is 85.8 Å². The zero-order valence-electron chi connectivity index (χ0n) is 22.8. The summed E-state index contributed by atoms with van der Waals surface area (Å²) in [5, 5.41) is 66.9. The van der Waals surface area contributed by atoms with Crippen molar-refractivity contribution in [1.29, 1.82) is 0 Å². The Morgan fingerprint density at radius 3 is 2.37 bits per heavy atom. The number of fused-ring (bicyclic) bond motifs is 5. The molecular formula is C27H46O10S. The molecule has 12 atom stereocenters. The van der Waals surface area contributed by atoms with Gasteiger partial charge in [0.2, 0.25) is 0 Å². The molecule has 7 N–H and O–H groups in total. The van der Waals surface area contributed by atoms with E-state index in [0.29, 0.717) is 32.1 Å². The molecule has 4 saturated carbocycles. The quantitative estimate of drug-likeness (QED) is 0.176. The highest BCUT2D eigenvalue weighted by Gasteiger charge is 2.79. The van der Waals surface area contributed by atoms with Crippen molar-refractivity contribution in [3.63, 3.8) is 0 Å². The number of allylic oxidation sites excluding steroid dienone is 1. The Hall–Kier alpha value is -0.630. The summed E-state index contributed by atoms with van der Waals surface area (Å²) in [6, 6.07) is 0. The first-order valence-corrected chi connectivity index (χ1v) is 15.2. The molecule has 11 heteroatoms. The van der Waals surface area contributed by atoms with Crippen molar-refractivity contribution >= 4 is 10.4 Å². The number of aliphatic hydroxyl groups is 6. The lowest BCUT2D eigenvalue weighted by Crippen LogP contribution is -2.78. The minimum atomic E-state index is -4.98. The van der Waals surface area contributed by atoms with Gasteiger partial charge in [-0.25, -0.2) is 4.18 Å². The molecule has 4 rings (SSSR count). The van der Waals surface area contributed by atoms with Crippen molar-refractivity contribution in [1.82, 2.24) is 0 Å². The fraction of sp³-hybridized carbons (Fsp3) is 0.926. The van der Waals surface area contributed by atoms with Crippen LogP contribution in [0.4, 0.5) is 0 Å².